The molecule has 3 rings (SSSR count). The molecule has 101 valence electrons. The van der Waals surface area contributed by atoms with Gasteiger partial charge in [0.1, 0.15) is 13.4 Å². The molecule has 0 amide bonds. The van der Waals surface area contributed by atoms with Crippen LogP contribution in [-0.4, -0.2) is 9.97 Å². The number of rotatable bonds is 2. The monoisotopic (exact) mass is 349 g/mol. The van der Waals surface area contributed by atoms with E-state index >= 15 is 0 Å². The van der Waals surface area contributed by atoms with Gasteiger partial charge in [0.05, 0.1) is 0 Å². The normalized spacial score (nSPS) is 10.0. The maximum absolute atomic E-state index is 4.30. The predicted octanol–water partition coefficient (Wildman–Crippen LogP) is 2.54. The van der Waals surface area contributed by atoms with Gasteiger partial charge in [0, 0.05) is 38.8 Å². The smallest absolute Gasteiger partial charge is 0.168 e. The topological polar surface area (TPSA) is 29.7 Å². The van der Waals surface area contributed by atoms with Gasteiger partial charge in [-0.05, 0) is 6.07 Å². The quantitative estimate of drug-likeness (QED) is 0.526. The SMILES string of the molecule is Cc1cc[c-]c(-c2[c-]cncn2)c1-c1cccc[n+]1C.[Y]. The summed E-state index contributed by atoms with van der Waals surface area (Å²) < 4.78 is 2.10. The van der Waals surface area contributed by atoms with Crippen LogP contribution in [0.4, 0.5) is 0 Å². The van der Waals surface area contributed by atoms with Gasteiger partial charge in [-0.2, -0.15) is 11.8 Å². The van der Waals surface area contributed by atoms with Gasteiger partial charge in [0.15, 0.2) is 11.9 Å². The standard InChI is InChI=1S/C17H14N3.Y/c1-13-6-5-7-14(15-9-10-18-12-19-15)17(13)16-8-3-4-11-20(16)2;/h3-6,8,10-12H,1-2H3;/q-1;. The fourth-order valence-corrected chi connectivity index (χ4v) is 2.30. The fourth-order valence-electron chi connectivity index (χ4n) is 2.30. The Morgan fingerprint density at radius 1 is 1.14 bits per heavy atom. The van der Waals surface area contributed by atoms with E-state index < -0.39 is 0 Å². The van der Waals surface area contributed by atoms with Gasteiger partial charge in [-0.15, -0.1) is 17.2 Å². The fraction of sp³-hybridized carbons (Fsp3) is 0.118. The number of aryl methyl sites for hydroxylation is 2. The molecule has 0 saturated carbocycles. The Morgan fingerprint density at radius 2 is 2.00 bits per heavy atom. The van der Waals surface area contributed by atoms with E-state index in [9.17, 15) is 0 Å². The molecule has 1 aromatic carbocycles. The van der Waals surface area contributed by atoms with Crippen molar-refractivity contribution >= 4 is 0 Å². The third-order valence-corrected chi connectivity index (χ3v) is 3.28. The number of nitrogens with zero attached hydrogens (tertiary/aromatic N) is 3. The van der Waals surface area contributed by atoms with Gasteiger partial charge in [0.25, 0.3) is 0 Å². The third-order valence-electron chi connectivity index (χ3n) is 3.28. The van der Waals surface area contributed by atoms with Crippen molar-refractivity contribution in [3.05, 3.63) is 66.7 Å². The molecule has 0 bridgehead atoms. The summed E-state index contributed by atoms with van der Waals surface area (Å²) in [5, 5.41) is 0. The second kappa shape index (κ2) is 7.01. The molecule has 0 fully saturated rings. The third kappa shape index (κ3) is 3.25. The van der Waals surface area contributed by atoms with E-state index in [-0.39, 0.29) is 32.7 Å². The molecule has 3 nitrogen and oxygen atoms in total. The van der Waals surface area contributed by atoms with Gasteiger partial charge < -0.3 is 4.98 Å². The molecule has 21 heavy (non-hydrogen) atoms. The molecule has 4 heteroatoms. The van der Waals surface area contributed by atoms with Gasteiger partial charge in [-0.25, -0.2) is 10.6 Å². The molecule has 0 spiro atoms. The summed E-state index contributed by atoms with van der Waals surface area (Å²) in [6, 6.07) is 16.5. The zero-order valence-corrected chi connectivity index (χ0v) is 14.9. The first-order valence-electron chi connectivity index (χ1n) is 6.42. The van der Waals surface area contributed by atoms with Crippen LogP contribution >= 0.6 is 0 Å². The van der Waals surface area contributed by atoms with E-state index in [0.717, 1.165) is 22.5 Å². The van der Waals surface area contributed by atoms with Crippen molar-refractivity contribution in [2.75, 3.05) is 0 Å². The average molecular weight is 349 g/mol. The van der Waals surface area contributed by atoms with Crippen molar-refractivity contribution in [1.29, 1.82) is 0 Å². The van der Waals surface area contributed by atoms with Crippen molar-refractivity contribution in [3.8, 4) is 22.5 Å². The number of benzene rings is 1. The van der Waals surface area contributed by atoms with E-state index in [0.29, 0.717) is 0 Å². The van der Waals surface area contributed by atoms with Crippen molar-refractivity contribution in [3.63, 3.8) is 0 Å². The van der Waals surface area contributed by atoms with Crippen molar-refractivity contribution < 1.29 is 37.3 Å². The first kappa shape index (κ1) is 15.9. The van der Waals surface area contributed by atoms with Crippen LogP contribution in [0.15, 0.2) is 49.1 Å². The van der Waals surface area contributed by atoms with Crippen LogP contribution in [0, 0.1) is 19.1 Å². The molecule has 3 aromatic rings. The molecule has 0 aliphatic rings. The van der Waals surface area contributed by atoms with E-state index in [1.54, 1.807) is 6.20 Å². The number of pyridine rings is 1. The Balaban J connectivity index is 0.00000161. The van der Waals surface area contributed by atoms with Gasteiger partial charge >= 0.3 is 0 Å². The minimum atomic E-state index is 0. The molecular formula is C17H14N3Y-. The Hall–Kier alpha value is -1.45. The van der Waals surface area contributed by atoms with E-state index in [2.05, 4.69) is 45.7 Å². The molecular weight excluding hydrogens is 335 g/mol. The second-order valence-electron chi connectivity index (χ2n) is 4.62. The summed E-state index contributed by atoms with van der Waals surface area (Å²) in [5.41, 5.74) is 5.17. The van der Waals surface area contributed by atoms with E-state index in [1.165, 1.54) is 11.9 Å². The van der Waals surface area contributed by atoms with Crippen LogP contribution < -0.4 is 4.57 Å². The zero-order chi connectivity index (χ0) is 13.9. The number of aromatic nitrogens is 3. The Kier molecular flexibility index (Phi) is 5.32. The molecule has 0 saturated heterocycles. The van der Waals surface area contributed by atoms with Crippen molar-refractivity contribution in [2.24, 2.45) is 7.05 Å². The van der Waals surface area contributed by atoms with E-state index in [4.69, 9.17) is 0 Å². The minimum Gasteiger partial charge on any atom is -0.325 e. The second-order valence-corrected chi connectivity index (χ2v) is 4.62. The molecule has 2 aromatic heterocycles. The largest absolute Gasteiger partial charge is 0.325 e. The summed E-state index contributed by atoms with van der Waals surface area (Å²) in [5.74, 6) is 0. The Morgan fingerprint density at radius 3 is 2.71 bits per heavy atom. The summed E-state index contributed by atoms with van der Waals surface area (Å²) >= 11 is 0. The minimum absolute atomic E-state index is 0. The molecule has 2 heterocycles. The van der Waals surface area contributed by atoms with Crippen LogP contribution in [0.3, 0.4) is 0 Å². The average Bonchev–Trinajstić information content (AvgIpc) is 2.49. The Labute approximate surface area is 150 Å². The molecule has 0 atom stereocenters. The molecule has 1 radical (unpaired) electrons. The van der Waals surface area contributed by atoms with Gasteiger partial charge in [-0.1, -0.05) is 19.2 Å². The van der Waals surface area contributed by atoms with Crippen LogP contribution in [0.5, 0.6) is 0 Å². The maximum atomic E-state index is 4.30. The van der Waals surface area contributed by atoms with Crippen molar-refractivity contribution in [1.82, 2.24) is 9.97 Å². The first-order chi connectivity index (χ1) is 9.77. The van der Waals surface area contributed by atoms with Gasteiger partial charge in [-0.3, -0.25) is 16.6 Å². The van der Waals surface area contributed by atoms with E-state index in [1.807, 2.05) is 31.4 Å². The molecule has 0 aliphatic carbocycles. The van der Waals surface area contributed by atoms with Crippen LogP contribution in [0.1, 0.15) is 5.56 Å². The molecule has 0 aliphatic heterocycles. The molecule has 0 N–H and O–H groups in total. The summed E-state index contributed by atoms with van der Waals surface area (Å²) in [4.78, 5) is 8.23. The zero-order valence-electron chi connectivity index (χ0n) is 12.0. The van der Waals surface area contributed by atoms with Crippen LogP contribution in [0.2, 0.25) is 0 Å². The van der Waals surface area contributed by atoms with Crippen LogP contribution in [-0.2, 0) is 39.8 Å². The summed E-state index contributed by atoms with van der Waals surface area (Å²) in [6.45, 7) is 2.10. The first-order valence-corrected chi connectivity index (χ1v) is 6.42. The Bertz CT molecular complexity index is 742. The predicted molar refractivity (Wildman–Crippen MR) is 76.5 cm³/mol. The summed E-state index contributed by atoms with van der Waals surface area (Å²) in [6.07, 6.45) is 5.21. The van der Waals surface area contributed by atoms with Crippen molar-refractivity contribution in [2.45, 2.75) is 6.92 Å². The number of hydrogen-bond acceptors (Lipinski definition) is 2. The number of hydrogen-bond donors (Lipinski definition) is 0. The summed E-state index contributed by atoms with van der Waals surface area (Å²) in [7, 11) is 2.04. The molecule has 0 unspecified atom stereocenters. The van der Waals surface area contributed by atoms with Gasteiger partial charge in [0.2, 0.25) is 0 Å². The maximum Gasteiger partial charge on any atom is 0.168 e. The van der Waals surface area contributed by atoms with Crippen LogP contribution in [0.25, 0.3) is 22.5 Å².